The van der Waals surface area contributed by atoms with Gasteiger partial charge in [0.1, 0.15) is 5.75 Å². The van der Waals surface area contributed by atoms with Crippen LogP contribution < -0.4 is 15.4 Å². The summed E-state index contributed by atoms with van der Waals surface area (Å²) < 4.78 is 6.55. The maximum absolute atomic E-state index is 12.3. The van der Waals surface area contributed by atoms with Crippen molar-refractivity contribution in [2.75, 3.05) is 11.9 Å². The minimum absolute atomic E-state index is 0.246. The molecule has 0 saturated carbocycles. The van der Waals surface area contributed by atoms with Crippen LogP contribution >= 0.6 is 28.1 Å². The smallest absolute Gasteiger partial charge is 0.257 e. The molecule has 2 N–H and O–H groups in total. The van der Waals surface area contributed by atoms with Crippen LogP contribution in [0.1, 0.15) is 30.1 Å². The number of unbranched alkanes of at least 4 members (excludes halogenated alkanes) is 1. The molecule has 0 spiro atoms. The van der Waals surface area contributed by atoms with E-state index < -0.39 is 0 Å². The average Bonchev–Trinajstić information content (AvgIpc) is 2.55. The Morgan fingerprint density at radius 3 is 2.75 bits per heavy atom. The molecule has 0 aromatic heterocycles. The lowest BCUT2D eigenvalue weighted by Crippen LogP contribution is -2.34. The Morgan fingerprint density at radius 2 is 2.00 bits per heavy atom. The summed E-state index contributed by atoms with van der Waals surface area (Å²) >= 11 is 8.57. The molecule has 0 fully saturated rings. The number of rotatable bonds is 6. The van der Waals surface area contributed by atoms with Gasteiger partial charge < -0.3 is 10.1 Å². The first-order valence-corrected chi connectivity index (χ1v) is 8.89. The molecule has 0 aliphatic carbocycles. The minimum Gasteiger partial charge on any atom is -0.494 e. The van der Waals surface area contributed by atoms with Gasteiger partial charge in [-0.2, -0.15) is 0 Å². The third kappa shape index (κ3) is 5.94. The molecule has 126 valence electrons. The van der Waals surface area contributed by atoms with Crippen LogP contribution in [0.3, 0.4) is 0 Å². The van der Waals surface area contributed by atoms with E-state index in [0.29, 0.717) is 17.9 Å². The van der Waals surface area contributed by atoms with E-state index in [9.17, 15) is 4.79 Å². The van der Waals surface area contributed by atoms with Crippen LogP contribution in [0.15, 0.2) is 53.0 Å². The molecule has 0 saturated heterocycles. The summed E-state index contributed by atoms with van der Waals surface area (Å²) in [6, 6.07) is 14.6. The number of thiocarbonyl (C=S) groups is 1. The van der Waals surface area contributed by atoms with Gasteiger partial charge in [-0.25, -0.2) is 0 Å². The van der Waals surface area contributed by atoms with Crippen LogP contribution in [0.2, 0.25) is 0 Å². The summed E-state index contributed by atoms with van der Waals surface area (Å²) in [5, 5.41) is 5.89. The zero-order chi connectivity index (χ0) is 17.4. The van der Waals surface area contributed by atoms with E-state index in [4.69, 9.17) is 17.0 Å². The predicted octanol–water partition coefficient (Wildman–Crippen LogP) is 4.75. The van der Waals surface area contributed by atoms with E-state index >= 15 is 0 Å². The molecule has 0 heterocycles. The van der Waals surface area contributed by atoms with Crippen molar-refractivity contribution in [1.29, 1.82) is 0 Å². The number of carbonyl (C=O) groups is 1. The monoisotopic (exact) mass is 406 g/mol. The summed E-state index contributed by atoms with van der Waals surface area (Å²) in [5.74, 6) is 0.408. The van der Waals surface area contributed by atoms with Crippen molar-refractivity contribution in [3.8, 4) is 5.75 Å². The van der Waals surface area contributed by atoms with Gasteiger partial charge in [0.15, 0.2) is 5.11 Å². The molecule has 0 aliphatic rings. The largest absolute Gasteiger partial charge is 0.494 e. The Kier molecular flexibility index (Phi) is 7.21. The fraction of sp³-hybridized carbons (Fsp3) is 0.222. The standard InChI is InChI=1S/C18H19BrN2O2S/c1-2-3-10-23-16-9-4-6-13(11-16)17(22)21-18(24)20-15-8-5-7-14(19)12-15/h4-9,11-12H,2-3,10H2,1H3,(H2,20,21,22,24). The van der Waals surface area contributed by atoms with Gasteiger partial charge in [-0.1, -0.05) is 41.4 Å². The van der Waals surface area contributed by atoms with Crippen LogP contribution in [0.4, 0.5) is 5.69 Å². The van der Waals surface area contributed by atoms with Gasteiger partial charge in [-0.15, -0.1) is 0 Å². The first-order valence-electron chi connectivity index (χ1n) is 7.69. The summed E-state index contributed by atoms with van der Waals surface area (Å²) in [6.45, 7) is 2.75. The van der Waals surface area contributed by atoms with Gasteiger partial charge in [0.2, 0.25) is 0 Å². The Bertz CT molecular complexity index is 722. The van der Waals surface area contributed by atoms with Crippen LogP contribution in [-0.4, -0.2) is 17.6 Å². The van der Waals surface area contributed by atoms with Crippen molar-refractivity contribution < 1.29 is 9.53 Å². The highest BCUT2D eigenvalue weighted by Gasteiger charge is 2.09. The van der Waals surface area contributed by atoms with Gasteiger partial charge >= 0.3 is 0 Å². The first-order chi connectivity index (χ1) is 11.6. The summed E-state index contributed by atoms with van der Waals surface area (Å²) in [7, 11) is 0. The maximum atomic E-state index is 12.3. The number of benzene rings is 2. The van der Waals surface area contributed by atoms with Crippen molar-refractivity contribution in [2.24, 2.45) is 0 Å². The molecule has 1 amide bonds. The second kappa shape index (κ2) is 9.39. The molecule has 0 atom stereocenters. The van der Waals surface area contributed by atoms with E-state index in [2.05, 4.69) is 33.5 Å². The van der Waals surface area contributed by atoms with Crippen LogP contribution in [-0.2, 0) is 0 Å². The van der Waals surface area contributed by atoms with Crippen LogP contribution in [0.5, 0.6) is 5.75 Å². The normalized spacial score (nSPS) is 10.1. The molecule has 4 nitrogen and oxygen atoms in total. The highest BCUT2D eigenvalue weighted by atomic mass is 79.9. The third-order valence-corrected chi connectivity index (χ3v) is 3.87. The lowest BCUT2D eigenvalue weighted by Gasteiger charge is -2.11. The Morgan fingerprint density at radius 1 is 1.21 bits per heavy atom. The predicted molar refractivity (Wildman–Crippen MR) is 105 cm³/mol. The van der Waals surface area contributed by atoms with Crippen molar-refractivity contribution >= 4 is 44.9 Å². The molecule has 0 unspecified atom stereocenters. The number of amides is 1. The van der Waals surface area contributed by atoms with Gasteiger partial charge in [-0.3, -0.25) is 10.1 Å². The fourth-order valence-corrected chi connectivity index (χ4v) is 2.58. The zero-order valence-corrected chi connectivity index (χ0v) is 15.7. The molecule has 0 radical (unpaired) electrons. The molecule has 0 aliphatic heterocycles. The van der Waals surface area contributed by atoms with Gasteiger partial charge in [0.25, 0.3) is 5.91 Å². The van der Waals surface area contributed by atoms with Crippen molar-refractivity contribution in [3.05, 3.63) is 58.6 Å². The quantitative estimate of drug-likeness (QED) is 0.536. The summed E-state index contributed by atoms with van der Waals surface area (Å²) in [5.41, 5.74) is 1.30. The molecule has 0 bridgehead atoms. The minimum atomic E-state index is -0.275. The maximum Gasteiger partial charge on any atom is 0.257 e. The highest BCUT2D eigenvalue weighted by Crippen LogP contribution is 2.16. The Balaban J connectivity index is 1.93. The number of ether oxygens (including phenoxy) is 1. The number of carbonyl (C=O) groups excluding carboxylic acids is 1. The zero-order valence-electron chi connectivity index (χ0n) is 13.3. The molecule has 24 heavy (non-hydrogen) atoms. The summed E-state index contributed by atoms with van der Waals surface area (Å²) in [4.78, 5) is 12.3. The SMILES string of the molecule is CCCCOc1cccc(C(=O)NC(=S)Nc2cccc(Br)c2)c1. The number of nitrogens with one attached hydrogen (secondary N) is 2. The highest BCUT2D eigenvalue weighted by molar-refractivity contribution is 9.10. The lowest BCUT2D eigenvalue weighted by molar-refractivity contribution is 0.0977. The number of hydrogen-bond acceptors (Lipinski definition) is 3. The van der Waals surface area contributed by atoms with E-state index in [-0.39, 0.29) is 11.0 Å². The van der Waals surface area contributed by atoms with Crippen molar-refractivity contribution in [2.45, 2.75) is 19.8 Å². The Hall–Kier alpha value is -1.92. The van der Waals surface area contributed by atoms with E-state index in [0.717, 1.165) is 23.0 Å². The number of hydrogen-bond donors (Lipinski definition) is 2. The average molecular weight is 407 g/mol. The van der Waals surface area contributed by atoms with Crippen LogP contribution in [0, 0.1) is 0 Å². The second-order valence-electron chi connectivity index (χ2n) is 5.15. The molecule has 2 aromatic rings. The van der Waals surface area contributed by atoms with Crippen molar-refractivity contribution in [3.63, 3.8) is 0 Å². The topological polar surface area (TPSA) is 50.4 Å². The first kappa shape index (κ1) is 18.4. The number of anilines is 1. The van der Waals surface area contributed by atoms with Gasteiger partial charge in [0.05, 0.1) is 6.61 Å². The third-order valence-electron chi connectivity index (χ3n) is 3.17. The van der Waals surface area contributed by atoms with E-state index in [1.165, 1.54) is 0 Å². The second-order valence-corrected chi connectivity index (χ2v) is 6.47. The van der Waals surface area contributed by atoms with E-state index in [1.807, 2.05) is 30.3 Å². The van der Waals surface area contributed by atoms with Crippen molar-refractivity contribution in [1.82, 2.24) is 5.32 Å². The van der Waals surface area contributed by atoms with Crippen LogP contribution in [0.25, 0.3) is 0 Å². The summed E-state index contributed by atoms with van der Waals surface area (Å²) in [6.07, 6.45) is 2.05. The molecule has 6 heteroatoms. The lowest BCUT2D eigenvalue weighted by atomic mass is 10.2. The fourth-order valence-electron chi connectivity index (χ4n) is 1.97. The Labute approximate surface area is 155 Å². The molecular formula is C18H19BrN2O2S. The van der Waals surface area contributed by atoms with Gasteiger partial charge in [0, 0.05) is 15.7 Å². The number of halogens is 1. The van der Waals surface area contributed by atoms with E-state index in [1.54, 1.807) is 18.2 Å². The molecule has 2 aromatic carbocycles. The molecule has 2 rings (SSSR count). The molecular weight excluding hydrogens is 388 g/mol. The van der Waals surface area contributed by atoms with Gasteiger partial charge in [-0.05, 0) is 55.0 Å².